The topological polar surface area (TPSA) is 29.5 Å². The van der Waals surface area contributed by atoms with Crippen molar-refractivity contribution >= 4 is 21.8 Å². The first-order chi connectivity index (χ1) is 9.27. The van der Waals surface area contributed by atoms with Crippen molar-refractivity contribution in [1.82, 2.24) is 4.90 Å². The van der Waals surface area contributed by atoms with Crippen molar-refractivity contribution in [3.8, 4) is 0 Å². The number of nitrogens with zero attached hydrogens (tertiary/aromatic N) is 1. The van der Waals surface area contributed by atoms with E-state index in [9.17, 15) is 4.79 Å². The van der Waals surface area contributed by atoms with Gasteiger partial charge in [-0.1, -0.05) is 25.0 Å². The van der Waals surface area contributed by atoms with Crippen LogP contribution in [-0.4, -0.2) is 36.1 Å². The minimum atomic E-state index is 0.132. The normalized spacial score (nSPS) is 26.9. The first kappa shape index (κ1) is 13.1. The minimum absolute atomic E-state index is 0.132. The fourth-order valence-electron chi connectivity index (χ4n) is 3.14. The summed E-state index contributed by atoms with van der Waals surface area (Å²) in [5, 5.41) is 0. The fourth-order valence-corrected chi connectivity index (χ4v) is 3.59. The summed E-state index contributed by atoms with van der Waals surface area (Å²) in [4.78, 5) is 14.7. The highest BCUT2D eigenvalue weighted by Gasteiger charge is 2.37. The molecule has 3 nitrogen and oxygen atoms in total. The highest BCUT2D eigenvalue weighted by molar-refractivity contribution is 9.10. The molecule has 0 N–H and O–H groups in total. The monoisotopic (exact) mass is 323 g/mol. The number of morpholine rings is 1. The summed E-state index contributed by atoms with van der Waals surface area (Å²) in [6.07, 6.45) is 4.82. The van der Waals surface area contributed by atoms with Crippen molar-refractivity contribution in [2.24, 2.45) is 0 Å². The Bertz CT molecular complexity index is 475. The number of rotatable bonds is 1. The molecule has 1 saturated heterocycles. The zero-order chi connectivity index (χ0) is 13.2. The maximum Gasteiger partial charge on any atom is 0.255 e. The van der Waals surface area contributed by atoms with Crippen LogP contribution in [0.25, 0.3) is 0 Å². The lowest BCUT2D eigenvalue weighted by Crippen LogP contribution is -2.54. The molecular weight excluding hydrogens is 306 g/mol. The minimum Gasteiger partial charge on any atom is -0.374 e. The van der Waals surface area contributed by atoms with Crippen LogP contribution in [0.4, 0.5) is 0 Å². The smallest absolute Gasteiger partial charge is 0.255 e. The van der Waals surface area contributed by atoms with Gasteiger partial charge >= 0.3 is 0 Å². The second-order valence-corrected chi connectivity index (χ2v) is 6.09. The van der Waals surface area contributed by atoms with Crippen LogP contribution in [0.1, 0.15) is 36.0 Å². The highest BCUT2D eigenvalue weighted by Crippen LogP contribution is 2.30. The number of benzene rings is 1. The van der Waals surface area contributed by atoms with Gasteiger partial charge in [0.1, 0.15) is 0 Å². The van der Waals surface area contributed by atoms with E-state index in [0.717, 1.165) is 22.9 Å². The molecule has 1 heterocycles. The maximum atomic E-state index is 12.7. The summed E-state index contributed by atoms with van der Waals surface area (Å²) in [7, 11) is 0. The average Bonchev–Trinajstić information content (AvgIpc) is 2.46. The van der Waals surface area contributed by atoms with Gasteiger partial charge in [-0.15, -0.1) is 0 Å². The van der Waals surface area contributed by atoms with Crippen molar-refractivity contribution in [3.63, 3.8) is 0 Å². The molecule has 1 aromatic rings. The Morgan fingerprint density at radius 2 is 2.05 bits per heavy atom. The number of fused-ring (bicyclic) bond motifs is 1. The second-order valence-electron chi connectivity index (χ2n) is 5.24. The molecule has 0 spiro atoms. The molecule has 2 aliphatic rings. The van der Waals surface area contributed by atoms with E-state index in [-0.39, 0.29) is 18.1 Å². The number of carbonyl (C=O) groups is 1. The molecule has 1 saturated carbocycles. The van der Waals surface area contributed by atoms with Gasteiger partial charge in [0.05, 0.1) is 24.3 Å². The van der Waals surface area contributed by atoms with Gasteiger partial charge in [-0.3, -0.25) is 4.79 Å². The molecule has 0 radical (unpaired) electrons. The first-order valence-corrected chi connectivity index (χ1v) is 7.74. The molecular formula is C15H18BrNO2. The van der Waals surface area contributed by atoms with Crippen LogP contribution in [0.3, 0.4) is 0 Å². The number of ether oxygens (including phenoxy) is 1. The van der Waals surface area contributed by atoms with E-state index in [1.54, 1.807) is 0 Å². The molecule has 2 unspecified atom stereocenters. The van der Waals surface area contributed by atoms with Gasteiger partial charge in [0, 0.05) is 11.0 Å². The predicted octanol–water partition coefficient (Wildman–Crippen LogP) is 3.23. The Morgan fingerprint density at radius 1 is 1.26 bits per heavy atom. The summed E-state index contributed by atoms with van der Waals surface area (Å²) in [5.74, 6) is 0.132. The third-order valence-electron chi connectivity index (χ3n) is 4.10. The highest BCUT2D eigenvalue weighted by atomic mass is 79.9. The Morgan fingerprint density at radius 3 is 2.89 bits per heavy atom. The lowest BCUT2D eigenvalue weighted by atomic mass is 9.89. The molecule has 1 aromatic carbocycles. The molecule has 1 aliphatic heterocycles. The number of hydrogen-bond donors (Lipinski definition) is 0. The average molecular weight is 324 g/mol. The van der Waals surface area contributed by atoms with Crippen molar-refractivity contribution in [3.05, 3.63) is 34.3 Å². The molecule has 19 heavy (non-hydrogen) atoms. The van der Waals surface area contributed by atoms with Gasteiger partial charge in [-0.2, -0.15) is 0 Å². The van der Waals surface area contributed by atoms with Crippen molar-refractivity contribution in [2.75, 3.05) is 13.2 Å². The van der Waals surface area contributed by atoms with Crippen LogP contribution in [0, 0.1) is 0 Å². The van der Waals surface area contributed by atoms with Crippen LogP contribution in [0.15, 0.2) is 28.7 Å². The molecule has 4 heteroatoms. The largest absolute Gasteiger partial charge is 0.374 e. The van der Waals surface area contributed by atoms with Crippen molar-refractivity contribution in [1.29, 1.82) is 0 Å². The van der Waals surface area contributed by atoms with Crippen molar-refractivity contribution < 1.29 is 9.53 Å². The van der Waals surface area contributed by atoms with E-state index >= 15 is 0 Å². The lowest BCUT2D eigenvalue weighted by Gasteiger charge is -2.43. The van der Waals surface area contributed by atoms with E-state index in [1.165, 1.54) is 12.8 Å². The summed E-state index contributed by atoms with van der Waals surface area (Å²) < 4.78 is 6.70. The van der Waals surface area contributed by atoms with Gasteiger partial charge in [0.25, 0.3) is 5.91 Å². The summed E-state index contributed by atoms with van der Waals surface area (Å²) in [6, 6.07) is 7.92. The third-order valence-corrected chi connectivity index (χ3v) is 4.79. The van der Waals surface area contributed by atoms with E-state index in [1.807, 2.05) is 29.2 Å². The number of halogens is 1. The summed E-state index contributed by atoms with van der Waals surface area (Å²) in [5.41, 5.74) is 0.758. The van der Waals surface area contributed by atoms with E-state index in [0.29, 0.717) is 13.2 Å². The first-order valence-electron chi connectivity index (χ1n) is 6.94. The van der Waals surface area contributed by atoms with Gasteiger partial charge in [0.15, 0.2) is 0 Å². The van der Waals surface area contributed by atoms with Gasteiger partial charge in [0.2, 0.25) is 0 Å². The lowest BCUT2D eigenvalue weighted by molar-refractivity contribution is -0.0753. The van der Waals surface area contributed by atoms with Gasteiger partial charge in [-0.25, -0.2) is 0 Å². The van der Waals surface area contributed by atoms with Gasteiger partial charge < -0.3 is 9.64 Å². The quantitative estimate of drug-likeness (QED) is 0.794. The Balaban J connectivity index is 1.84. The summed E-state index contributed by atoms with van der Waals surface area (Å²) >= 11 is 3.47. The van der Waals surface area contributed by atoms with Crippen LogP contribution in [0.5, 0.6) is 0 Å². The summed E-state index contributed by atoms with van der Waals surface area (Å²) in [6.45, 7) is 1.37. The van der Waals surface area contributed by atoms with E-state index < -0.39 is 0 Å². The van der Waals surface area contributed by atoms with Crippen molar-refractivity contribution in [2.45, 2.75) is 37.8 Å². The third kappa shape index (κ3) is 2.56. The molecule has 1 aliphatic carbocycles. The molecule has 1 amide bonds. The number of amides is 1. The van der Waals surface area contributed by atoms with Crippen LogP contribution >= 0.6 is 15.9 Å². The SMILES string of the molecule is O=C(c1ccccc1Br)N1CCOC2CCCCC21. The molecule has 2 fully saturated rings. The van der Waals surface area contributed by atoms with E-state index in [4.69, 9.17) is 4.74 Å². The standard InChI is InChI=1S/C15H18BrNO2/c16-12-6-2-1-5-11(12)15(18)17-9-10-19-14-8-4-3-7-13(14)17/h1-2,5-6,13-14H,3-4,7-10H2. The van der Waals surface area contributed by atoms with E-state index in [2.05, 4.69) is 15.9 Å². The van der Waals surface area contributed by atoms with Crippen LogP contribution in [-0.2, 0) is 4.74 Å². The molecule has 0 aromatic heterocycles. The van der Waals surface area contributed by atoms with Crippen LogP contribution < -0.4 is 0 Å². The number of carbonyl (C=O) groups excluding carboxylic acids is 1. The fraction of sp³-hybridized carbons (Fsp3) is 0.533. The Kier molecular flexibility index (Phi) is 3.89. The predicted molar refractivity (Wildman–Crippen MR) is 77.2 cm³/mol. The molecule has 102 valence electrons. The maximum absolute atomic E-state index is 12.7. The van der Waals surface area contributed by atoms with Crippen LogP contribution in [0.2, 0.25) is 0 Å². The molecule has 0 bridgehead atoms. The zero-order valence-corrected chi connectivity index (χ0v) is 12.4. The molecule has 2 atom stereocenters. The number of hydrogen-bond acceptors (Lipinski definition) is 2. The van der Waals surface area contributed by atoms with Gasteiger partial charge in [-0.05, 0) is 40.9 Å². The second kappa shape index (κ2) is 5.63. The Hall–Kier alpha value is -0.870. The molecule has 3 rings (SSSR count). The Labute approximate surface area is 122 Å². The zero-order valence-electron chi connectivity index (χ0n) is 10.8.